The number of aliphatic carboxylic acids is 2. The van der Waals surface area contributed by atoms with Crippen molar-refractivity contribution in [2.75, 3.05) is 0 Å². The molecule has 7 heteroatoms. The van der Waals surface area contributed by atoms with Gasteiger partial charge in [0.15, 0.2) is 11.6 Å². The predicted molar refractivity (Wildman–Crippen MR) is 86.8 cm³/mol. The first-order valence-corrected chi connectivity index (χ1v) is 7.90. The average Bonchev–Trinajstić information content (AvgIpc) is 2.53. The van der Waals surface area contributed by atoms with Crippen LogP contribution >= 0.6 is 0 Å². The number of phenols is 1. The summed E-state index contributed by atoms with van der Waals surface area (Å²) in [6.07, 6.45) is 0.290. The molecule has 0 spiro atoms. The summed E-state index contributed by atoms with van der Waals surface area (Å²) in [5.74, 6) is -3.22. The first kappa shape index (κ1) is 18.4. The van der Waals surface area contributed by atoms with Gasteiger partial charge in [0, 0.05) is 29.6 Å². The van der Waals surface area contributed by atoms with Gasteiger partial charge < -0.3 is 15.3 Å². The van der Waals surface area contributed by atoms with Gasteiger partial charge in [-0.2, -0.15) is 0 Å². The molecule has 0 bridgehead atoms. The zero-order valence-corrected chi connectivity index (χ0v) is 13.4. The second-order valence-electron chi connectivity index (χ2n) is 5.81. The molecule has 1 aromatic rings. The number of fused-ring (bicyclic) bond motifs is 1. The Morgan fingerprint density at radius 2 is 1.36 bits per heavy atom. The van der Waals surface area contributed by atoms with Gasteiger partial charge in [-0.15, -0.1) is 0 Å². The summed E-state index contributed by atoms with van der Waals surface area (Å²) in [5.41, 5.74) is 0.414. The van der Waals surface area contributed by atoms with Crippen molar-refractivity contribution < 1.29 is 34.5 Å². The lowest BCUT2D eigenvalue weighted by Crippen LogP contribution is -2.23. The number of hydrogen-bond acceptors (Lipinski definition) is 5. The monoisotopic (exact) mass is 346 g/mol. The number of carboxylic acid groups (broad SMARTS) is 2. The van der Waals surface area contributed by atoms with Crippen molar-refractivity contribution in [2.24, 2.45) is 0 Å². The largest absolute Gasteiger partial charge is 0.507 e. The Kier molecular flexibility index (Phi) is 5.69. The molecule has 0 aliphatic heterocycles. The first-order valence-electron chi connectivity index (χ1n) is 7.90. The summed E-state index contributed by atoms with van der Waals surface area (Å²) in [5, 5.41) is 27.5. The highest BCUT2D eigenvalue weighted by Crippen LogP contribution is 2.35. The molecule has 0 saturated heterocycles. The molecule has 0 aromatic heterocycles. The van der Waals surface area contributed by atoms with E-state index in [1.54, 1.807) is 0 Å². The highest BCUT2D eigenvalue weighted by molar-refractivity contribution is 6.27. The fourth-order valence-electron chi connectivity index (χ4n) is 2.92. The number of carbonyl (C=O) groups is 4. The lowest BCUT2D eigenvalue weighted by molar-refractivity contribution is -0.138. The zero-order valence-electron chi connectivity index (χ0n) is 13.4. The lowest BCUT2D eigenvalue weighted by atomic mass is 9.80. The molecule has 0 heterocycles. The van der Waals surface area contributed by atoms with Crippen molar-refractivity contribution in [3.05, 3.63) is 40.5 Å². The Bertz CT molecular complexity index is 774. The molecule has 3 N–H and O–H groups in total. The summed E-state index contributed by atoms with van der Waals surface area (Å²) < 4.78 is 0. The van der Waals surface area contributed by atoms with Gasteiger partial charge in [0.05, 0.1) is 5.56 Å². The van der Waals surface area contributed by atoms with E-state index in [1.165, 1.54) is 18.2 Å². The van der Waals surface area contributed by atoms with Crippen LogP contribution in [0.5, 0.6) is 5.75 Å². The van der Waals surface area contributed by atoms with Crippen molar-refractivity contribution in [1.82, 2.24) is 0 Å². The molecule has 0 amide bonds. The molecule has 132 valence electrons. The third kappa shape index (κ3) is 4.12. The quantitative estimate of drug-likeness (QED) is 0.659. The summed E-state index contributed by atoms with van der Waals surface area (Å²) in [7, 11) is 0. The van der Waals surface area contributed by atoms with Crippen LogP contribution in [0.2, 0.25) is 0 Å². The van der Waals surface area contributed by atoms with Gasteiger partial charge in [-0.05, 0) is 31.7 Å². The third-order valence-corrected chi connectivity index (χ3v) is 4.06. The minimum atomic E-state index is -1.01. The van der Waals surface area contributed by atoms with E-state index in [0.717, 1.165) is 0 Å². The van der Waals surface area contributed by atoms with Crippen LogP contribution in [0.4, 0.5) is 0 Å². The van der Waals surface area contributed by atoms with E-state index in [-0.39, 0.29) is 66.5 Å². The van der Waals surface area contributed by atoms with E-state index >= 15 is 0 Å². The second-order valence-corrected chi connectivity index (χ2v) is 5.81. The molecule has 25 heavy (non-hydrogen) atoms. The smallest absolute Gasteiger partial charge is 0.303 e. The molecule has 1 aliphatic carbocycles. The second kappa shape index (κ2) is 7.74. The number of allylic oxidation sites excluding steroid dienone is 2. The van der Waals surface area contributed by atoms with Crippen molar-refractivity contribution in [1.29, 1.82) is 0 Å². The van der Waals surface area contributed by atoms with Gasteiger partial charge in [0.1, 0.15) is 5.75 Å². The number of aromatic hydroxyl groups is 1. The number of carbonyl (C=O) groups excluding carboxylic acids is 2. The van der Waals surface area contributed by atoms with Crippen LogP contribution in [0.1, 0.15) is 59.2 Å². The molecule has 0 atom stereocenters. The Balaban J connectivity index is 2.37. The normalized spacial score (nSPS) is 13.8. The number of carboxylic acids is 2. The Morgan fingerprint density at radius 1 is 0.840 bits per heavy atom. The number of ketones is 2. The van der Waals surface area contributed by atoms with Crippen LogP contribution in [0.25, 0.3) is 0 Å². The Labute approximate surface area is 143 Å². The lowest BCUT2D eigenvalue weighted by Gasteiger charge is -2.21. The average molecular weight is 346 g/mol. The van der Waals surface area contributed by atoms with Crippen LogP contribution in [-0.4, -0.2) is 38.8 Å². The number of rotatable bonds is 8. The summed E-state index contributed by atoms with van der Waals surface area (Å²) >= 11 is 0. The molecule has 2 rings (SSSR count). The SMILES string of the molecule is O=C(O)CCCC1=C(CCCC(=O)O)C(=O)c2c(O)cccc2C1=O. The fourth-order valence-corrected chi connectivity index (χ4v) is 2.92. The number of Topliss-reactive ketones (excluding diaryl/α,β-unsaturated/α-hetero) is 2. The molecule has 7 nitrogen and oxygen atoms in total. The summed E-state index contributed by atoms with van der Waals surface area (Å²) in [6.45, 7) is 0. The van der Waals surface area contributed by atoms with Gasteiger partial charge in [-0.25, -0.2) is 0 Å². The van der Waals surface area contributed by atoms with Crippen molar-refractivity contribution in [3.63, 3.8) is 0 Å². The van der Waals surface area contributed by atoms with Crippen LogP contribution in [0.15, 0.2) is 29.3 Å². The molecular formula is C18H18O7. The summed E-state index contributed by atoms with van der Waals surface area (Å²) in [4.78, 5) is 46.8. The molecule has 1 aromatic carbocycles. The maximum atomic E-state index is 12.7. The standard InChI is InChI=1S/C18H18O7/c19-13-7-1-6-12-16(13)18(25)11(5-3-9-15(22)23)10(17(12)24)4-2-8-14(20)21/h1,6-7,19H,2-5,8-9H2,(H,20,21)(H,22,23). The van der Waals surface area contributed by atoms with Crippen molar-refractivity contribution in [2.45, 2.75) is 38.5 Å². The Hall–Kier alpha value is -2.96. The molecule has 0 unspecified atom stereocenters. The van der Waals surface area contributed by atoms with Crippen LogP contribution in [0, 0.1) is 0 Å². The molecule has 0 fully saturated rings. The van der Waals surface area contributed by atoms with Gasteiger partial charge in [0.2, 0.25) is 0 Å². The van der Waals surface area contributed by atoms with Crippen molar-refractivity contribution >= 4 is 23.5 Å². The van der Waals surface area contributed by atoms with E-state index in [1.807, 2.05) is 0 Å². The molecule has 0 radical (unpaired) electrons. The third-order valence-electron chi connectivity index (χ3n) is 4.06. The van der Waals surface area contributed by atoms with Crippen LogP contribution in [0.3, 0.4) is 0 Å². The van der Waals surface area contributed by atoms with Gasteiger partial charge in [-0.3, -0.25) is 19.2 Å². The van der Waals surface area contributed by atoms with E-state index in [9.17, 15) is 24.3 Å². The predicted octanol–water partition coefficient (Wildman–Crippen LogP) is 2.58. The fraction of sp³-hybridized carbons (Fsp3) is 0.333. The van der Waals surface area contributed by atoms with Gasteiger partial charge in [0.25, 0.3) is 0 Å². The molecular weight excluding hydrogens is 328 g/mol. The number of phenolic OH excluding ortho intramolecular Hbond substituents is 1. The highest BCUT2D eigenvalue weighted by Gasteiger charge is 2.33. The first-order chi connectivity index (χ1) is 11.8. The topological polar surface area (TPSA) is 129 Å². The Morgan fingerprint density at radius 3 is 1.88 bits per heavy atom. The van der Waals surface area contributed by atoms with Gasteiger partial charge >= 0.3 is 11.9 Å². The minimum Gasteiger partial charge on any atom is -0.507 e. The van der Waals surface area contributed by atoms with Crippen LogP contribution in [-0.2, 0) is 9.59 Å². The highest BCUT2D eigenvalue weighted by atomic mass is 16.4. The van der Waals surface area contributed by atoms with Crippen LogP contribution < -0.4 is 0 Å². The maximum Gasteiger partial charge on any atom is 0.303 e. The zero-order chi connectivity index (χ0) is 18.6. The minimum absolute atomic E-state index is 0.0696. The maximum absolute atomic E-state index is 12.7. The van der Waals surface area contributed by atoms with E-state index in [4.69, 9.17) is 10.2 Å². The van der Waals surface area contributed by atoms with E-state index in [0.29, 0.717) is 0 Å². The number of hydrogen-bond donors (Lipinski definition) is 3. The van der Waals surface area contributed by atoms with Crippen molar-refractivity contribution in [3.8, 4) is 5.75 Å². The molecule has 1 aliphatic rings. The van der Waals surface area contributed by atoms with E-state index < -0.39 is 23.5 Å². The summed E-state index contributed by atoms with van der Waals surface area (Å²) in [6, 6.07) is 4.22. The molecule has 0 saturated carbocycles. The van der Waals surface area contributed by atoms with E-state index in [2.05, 4.69) is 0 Å². The number of benzene rings is 1. The van der Waals surface area contributed by atoms with Gasteiger partial charge in [-0.1, -0.05) is 12.1 Å².